The first-order valence-corrected chi connectivity index (χ1v) is 8.66. The Hall–Kier alpha value is -3.42. The molecule has 1 aliphatic heterocycles. The van der Waals surface area contributed by atoms with Crippen molar-refractivity contribution in [2.75, 3.05) is 6.54 Å². The monoisotopic (exact) mass is 367 g/mol. The molecule has 1 saturated heterocycles. The summed E-state index contributed by atoms with van der Waals surface area (Å²) in [4.78, 5) is 29.9. The van der Waals surface area contributed by atoms with Crippen molar-refractivity contribution in [1.82, 2.24) is 15.0 Å². The van der Waals surface area contributed by atoms with E-state index in [0.29, 0.717) is 24.7 Å². The van der Waals surface area contributed by atoms with Gasteiger partial charge in [0.15, 0.2) is 5.76 Å². The lowest BCUT2D eigenvalue weighted by Gasteiger charge is -2.32. The Balaban J connectivity index is 1.60. The minimum atomic E-state index is -1.21. The Kier molecular flexibility index (Phi) is 4.45. The average molecular weight is 367 g/mol. The molecule has 3 heterocycles. The van der Waals surface area contributed by atoms with Crippen LogP contribution in [0.1, 0.15) is 52.3 Å². The number of benzene rings is 1. The Bertz CT molecular complexity index is 963. The van der Waals surface area contributed by atoms with E-state index < -0.39 is 5.97 Å². The normalized spacial score (nSPS) is 17.0. The van der Waals surface area contributed by atoms with Crippen LogP contribution in [-0.4, -0.2) is 38.6 Å². The van der Waals surface area contributed by atoms with E-state index in [4.69, 9.17) is 14.0 Å². The number of nitrogens with zero attached hydrogens (tertiary/aromatic N) is 3. The van der Waals surface area contributed by atoms with Crippen molar-refractivity contribution in [3.63, 3.8) is 0 Å². The molecule has 4 rings (SSSR count). The van der Waals surface area contributed by atoms with Gasteiger partial charge in [0.25, 0.3) is 5.91 Å². The van der Waals surface area contributed by atoms with Crippen LogP contribution < -0.4 is 0 Å². The first-order valence-electron chi connectivity index (χ1n) is 8.66. The number of hydrogen-bond donors (Lipinski definition) is 1. The lowest BCUT2D eigenvalue weighted by atomic mass is 10.0. The smallest absolute Gasteiger partial charge is 0.371 e. The molecule has 0 saturated carbocycles. The summed E-state index contributed by atoms with van der Waals surface area (Å²) in [5.41, 5.74) is 0.832. The highest BCUT2D eigenvalue weighted by Gasteiger charge is 2.34. The molecule has 0 spiro atoms. The van der Waals surface area contributed by atoms with Gasteiger partial charge >= 0.3 is 5.97 Å². The average Bonchev–Trinajstić information content (AvgIpc) is 3.38. The van der Waals surface area contributed by atoms with Crippen molar-refractivity contribution < 1.29 is 23.6 Å². The van der Waals surface area contributed by atoms with Crippen molar-refractivity contribution in [1.29, 1.82) is 0 Å². The number of carboxylic acid groups (broad SMARTS) is 1. The lowest BCUT2D eigenvalue weighted by Crippen LogP contribution is -2.38. The predicted octanol–water partition coefficient (Wildman–Crippen LogP) is 3.40. The predicted molar refractivity (Wildman–Crippen MR) is 93.0 cm³/mol. The fourth-order valence-electron chi connectivity index (χ4n) is 3.22. The first kappa shape index (κ1) is 17.0. The second-order valence-corrected chi connectivity index (χ2v) is 6.30. The van der Waals surface area contributed by atoms with E-state index in [-0.39, 0.29) is 23.5 Å². The molecule has 0 radical (unpaired) electrons. The molecule has 1 atom stereocenters. The Morgan fingerprint density at radius 3 is 2.59 bits per heavy atom. The highest BCUT2D eigenvalue weighted by molar-refractivity contribution is 5.93. The van der Waals surface area contributed by atoms with Gasteiger partial charge in [-0.05, 0) is 31.4 Å². The maximum atomic E-state index is 12.8. The molecule has 3 aromatic rings. The number of carbonyl (C=O) groups is 2. The van der Waals surface area contributed by atoms with Crippen molar-refractivity contribution >= 4 is 11.9 Å². The van der Waals surface area contributed by atoms with E-state index in [0.717, 1.165) is 18.4 Å². The largest absolute Gasteiger partial charge is 0.475 e. The van der Waals surface area contributed by atoms with Gasteiger partial charge in [0.05, 0.1) is 0 Å². The molecule has 8 heteroatoms. The third kappa shape index (κ3) is 3.33. The van der Waals surface area contributed by atoms with Crippen molar-refractivity contribution in [2.24, 2.45) is 0 Å². The molecule has 2 aromatic heterocycles. The summed E-state index contributed by atoms with van der Waals surface area (Å²) in [7, 11) is 0. The van der Waals surface area contributed by atoms with Crippen LogP contribution in [0.3, 0.4) is 0 Å². The molecule has 1 unspecified atom stereocenters. The second kappa shape index (κ2) is 7.06. The fourth-order valence-corrected chi connectivity index (χ4v) is 3.22. The standard InChI is InChI=1S/C19H17N3O5/c23-18(14-9-10-15(26-14)19(24)25)22-11-5-4-8-13(22)17-20-16(21-27-17)12-6-2-1-3-7-12/h1-3,6-7,9-10,13H,4-5,8,11H2,(H,24,25). The van der Waals surface area contributed by atoms with Gasteiger partial charge in [-0.15, -0.1) is 0 Å². The number of aromatic nitrogens is 2. The van der Waals surface area contributed by atoms with Gasteiger partial charge in [-0.3, -0.25) is 4.79 Å². The number of piperidine rings is 1. The number of amides is 1. The van der Waals surface area contributed by atoms with E-state index in [1.807, 2.05) is 30.3 Å². The van der Waals surface area contributed by atoms with Crippen molar-refractivity contribution in [2.45, 2.75) is 25.3 Å². The molecule has 1 aliphatic rings. The van der Waals surface area contributed by atoms with E-state index in [2.05, 4.69) is 10.1 Å². The maximum absolute atomic E-state index is 12.8. The number of furan rings is 1. The van der Waals surface area contributed by atoms with Gasteiger partial charge in [0, 0.05) is 12.1 Å². The molecule has 138 valence electrons. The summed E-state index contributed by atoms with van der Waals surface area (Å²) < 4.78 is 10.6. The van der Waals surface area contributed by atoms with E-state index in [1.165, 1.54) is 12.1 Å². The van der Waals surface area contributed by atoms with Crippen LogP contribution in [0.5, 0.6) is 0 Å². The molecule has 0 bridgehead atoms. The van der Waals surface area contributed by atoms with Gasteiger partial charge < -0.3 is 18.9 Å². The maximum Gasteiger partial charge on any atom is 0.371 e. The van der Waals surface area contributed by atoms with Crippen LogP contribution >= 0.6 is 0 Å². The van der Waals surface area contributed by atoms with Crippen LogP contribution in [-0.2, 0) is 0 Å². The van der Waals surface area contributed by atoms with Gasteiger partial charge in [0.2, 0.25) is 17.5 Å². The zero-order valence-electron chi connectivity index (χ0n) is 14.4. The van der Waals surface area contributed by atoms with Crippen molar-refractivity contribution in [3.05, 3.63) is 59.9 Å². The van der Waals surface area contributed by atoms with E-state index in [9.17, 15) is 9.59 Å². The highest BCUT2D eigenvalue weighted by atomic mass is 16.5. The molecule has 1 fully saturated rings. The summed E-state index contributed by atoms with van der Waals surface area (Å²) in [6.45, 7) is 0.510. The SMILES string of the molecule is O=C(O)c1ccc(C(=O)N2CCCCC2c2nc(-c3ccccc3)no2)o1. The summed E-state index contributed by atoms with van der Waals surface area (Å²) in [5.74, 6) is -1.04. The number of hydrogen-bond acceptors (Lipinski definition) is 6. The second-order valence-electron chi connectivity index (χ2n) is 6.30. The molecule has 1 N–H and O–H groups in total. The van der Waals surface area contributed by atoms with E-state index >= 15 is 0 Å². The zero-order chi connectivity index (χ0) is 18.8. The number of rotatable bonds is 4. The lowest BCUT2D eigenvalue weighted by molar-refractivity contribution is 0.0522. The molecule has 0 aliphatic carbocycles. The van der Waals surface area contributed by atoms with Gasteiger partial charge in [0.1, 0.15) is 6.04 Å². The molecular weight excluding hydrogens is 350 g/mol. The molecule has 1 amide bonds. The molecule has 1 aromatic carbocycles. The summed E-state index contributed by atoms with van der Waals surface area (Å²) in [6, 6.07) is 11.7. The number of likely N-dealkylation sites (tertiary alicyclic amines) is 1. The Morgan fingerprint density at radius 1 is 1.07 bits per heavy atom. The third-order valence-corrected chi connectivity index (χ3v) is 4.55. The van der Waals surface area contributed by atoms with Crippen LogP contribution in [0.25, 0.3) is 11.4 Å². The minimum absolute atomic E-state index is 0.0119. The summed E-state index contributed by atoms with van der Waals surface area (Å²) >= 11 is 0. The first-order chi connectivity index (χ1) is 13.1. The number of aromatic carboxylic acids is 1. The zero-order valence-corrected chi connectivity index (χ0v) is 14.4. The van der Waals surface area contributed by atoms with Gasteiger partial charge in [-0.1, -0.05) is 35.5 Å². The molecule has 27 heavy (non-hydrogen) atoms. The summed E-state index contributed by atoms with van der Waals surface area (Å²) in [6.07, 6.45) is 2.46. The minimum Gasteiger partial charge on any atom is -0.475 e. The molecule has 8 nitrogen and oxygen atoms in total. The van der Waals surface area contributed by atoms with Crippen LogP contribution in [0, 0.1) is 0 Å². The topological polar surface area (TPSA) is 110 Å². The Morgan fingerprint density at radius 2 is 1.85 bits per heavy atom. The summed E-state index contributed by atoms with van der Waals surface area (Å²) in [5, 5.41) is 13.0. The Labute approximate surface area is 154 Å². The highest BCUT2D eigenvalue weighted by Crippen LogP contribution is 2.32. The fraction of sp³-hybridized carbons (Fsp3) is 0.263. The van der Waals surface area contributed by atoms with Crippen LogP contribution in [0.15, 0.2) is 51.4 Å². The third-order valence-electron chi connectivity index (χ3n) is 4.55. The van der Waals surface area contributed by atoms with Gasteiger partial charge in [-0.25, -0.2) is 4.79 Å². The number of carboxylic acids is 1. The van der Waals surface area contributed by atoms with Crippen LogP contribution in [0.2, 0.25) is 0 Å². The van der Waals surface area contributed by atoms with Gasteiger partial charge in [-0.2, -0.15) is 4.98 Å². The van der Waals surface area contributed by atoms with Crippen molar-refractivity contribution in [3.8, 4) is 11.4 Å². The number of carbonyl (C=O) groups excluding carboxylic acids is 1. The molecular formula is C19H17N3O5. The van der Waals surface area contributed by atoms with E-state index in [1.54, 1.807) is 4.90 Å². The van der Waals surface area contributed by atoms with Crippen LogP contribution in [0.4, 0.5) is 0 Å². The quantitative estimate of drug-likeness (QED) is 0.752.